The van der Waals surface area contributed by atoms with Gasteiger partial charge in [0.2, 0.25) is 0 Å². The first-order chi connectivity index (χ1) is 12.9. The fraction of sp³-hybridized carbons (Fsp3) is 0.857. The lowest BCUT2D eigenvalue weighted by Crippen LogP contribution is -2.27. The minimum Gasteiger partial charge on any atom is -0.481 e. The predicted octanol–water partition coefficient (Wildman–Crippen LogP) is 3.87. The van der Waals surface area contributed by atoms with E-state index in [0.29, 0.717) is 25.7 Å². The lowest BCUT2D eigenvalue weighted by Gasteiger charge is -2.25. The van der Waals surface area contributed by atoms with Crippen molar-refractivity contribution in [3.05, 3.63) is 0 Å². The molecule has 152 valence electrons. The third kappa shape index (κ3) is 5.45. The maximum Gasteiger partial charge on any atom is 0.309 e. The SMILES string of the molecule is O=C(O)C1CCC(CC(CC2CCC(C(=O)O)C2)OC(=O)C2CCCC2)C1. The van der Waals surface area contributed by atoms with Crippen LogP contribution in [0.1, 0.15) is 77.0 Å². The van der Waals surface area contributed by atoms with Gasteiger partial charge in [-0.3, -0.25) is 14.4 Å². The van der Waals surface area contributed by atoms with Gasteiger partial charge in [-0.1, -0.05) is 12.8 Å². The summed E-state index contributed by atoms with van der Waals surface area (Å²) in [6.07, 6.45) is 9.67. The molecule has 0 spiro atoms. The van der Waals surface area contributed by atoms with Crippen LogP contribution in [0, 0.1) is 29.6 Å². The summed E-state index contributed by atoms with van der Waals surface area (Å²) in [6.45, 7) is 0. The Morgan fingerprint density at radius 2 is 1.22 bits per heavy atom. The molecule has 0 aromatic rings. The van der Waals surface area contributed by atoms with Crippen LogP contribution >= 0.6 is 0 Å². The second-order valence-corrected chi connectivity index (χ2v) is 8.94. The number of carbonyl (C=O) groups is 3. The lowest BCUT2D eigenvalue weighted by atomic mass is 9.91. The molecule has 4 unspecified atom stereocenters. The van der Waals surface area contributed by atoms with E-state index in [2.05, 4.69) is 0 Å². The van der Waals surface area contributed by atoms with E-state index in [9.17, 15) is 24.6 Å². The minimum absolute atomic E-state index is 0.0122. The summed E-state index contributed by atoms with van der Waals surface area (Å²) in [5, 5.41) is 18.4. The number of rotatable bonds is 8. The number of hydrogen-bond acceptors (Lipinski definition) is 4. The molecule has 3 saturated carbocycles. The van der Waals surface area contributed by atoms with Crippen LogP contribution in [0.3, 0.4) is 0 Å². The van der Waals surface area contributed by atoms with Crippen LogP contribution in [0.4, 0.5) is 0 Å². The Kier molecular flexibility index (Phi) is 6.77. The zero-order valence-corrected chi connectivity index (χ0v) is 16.0. The molecule has 0 bridgehead atoms. The van der Waals surface area contributed by atoms with Crippen LogP contribution in [-0.2, 0) is 19.1 Å². The number of carboxylic acid groups (broad SMARTS) is 2. The Bertz CT molecular complexity index is 519. The second-order valence-electron chi connectivity index (χ2n) is 8.94. The van der Waals surface area contributed by atoms with Gasteiger partial charge in [-0.25, -0.2) is 0 Å². The fourth-order valence-electron chi connectivity index (χ4n) is 5.38. The molecular formula is C21H32O6. The van der Waals surface area contributed by atoms with Crippen molar-refractivity contribution in [1.82, 2.24) is 0 Å². The van der Waals surface area contributed by atoms with E-state index >= 15 is 0 Å². The Labute approximate surface area is 160 Å². The van der Waals surface area contributed by atoms with Crippen molar-refractivity contribution in [2.75, 3.05) is 0 Å². The highest BCUT2D eigenvalue weighted by atomic mass is 16.5. The summed E-state index contributed by atoms with van der Waals surface area (Å²) in [5.41, 5.74) is 0. The van der Waals surface area contributed by atoms with Gasteiger partial charge in [0.1, 0.15) is 6.10 Å². The third-order valence-electron chi connectivity index (χ3n) is 6.94. The summed E-state index contributed by atoms with van der Waals surface area (Å²) in [5.74, 6) is -1.52. The number of esters is 1. The Balaban J connectivity index is 1.57. The molecule has 4 atom stereocenters. The van der Waals surface area contributed by atoms with E-state index in [1.807, 2.05) is 0 Å². The van der Waals surface area contributed by atoms with Gasteiger partial charge in [0, 0.05) is 0 Å². The number of ether oxygens (including phenoxy) is 1. The van der Waals surface area contributed by atoms with Crippen LogP contribution in [0.2, 0.25) is 0 Å². The Hall–Kier alpha value is -1.59. The smallest absolute Gasteiger partial charge is 0.309 e. The van der Waals surface area contributed by atoms with Crippen molar-refractivity contribution in [2.24, 2.45) is 29.6 Å². The molecule has 0 heterocycles. The number of hydrogen-bond donors (Lipinski definition) is 2. The van der Waals surface area contributed by atoms with E-state index in [1.54, 1.807) is 0 Å². The molecule has 3 aliphatic carbocycles. The topological polar surface area (TPSA) is 101 Å². The van der Waals surface area contributed by atoms with Gasteiger partial charge in [-0.15, -0.1) is 0 Å². The molecule has 0 saturated heterocycles. The molecule has 3 rings (SSSR count). The van der Waals surface area contributed by atoms with Crippen molar-refractivity contribution in [1.29, 1.82) is 0 Å². The first kappa shape index (κ1) is 20.2. The zero-order valence-electron chi connectivity index (χ0n) is 16.0. The molecule has 2 N–H and O–H groups in total. The minimum atomic E-state index is -0.725. The highest BCUT2D eigenvalue weighted by molar-refractivity contribution is 5.73. The highest BCUT2D eigenvalue weighted by Gasteiger charge is 2.36. The molecule has 0 amide bonds. The van der Waals surface area contributed by atoms with E-state index in [1.165, 1.54) is 0 Å². The molecule has 27 heavy (non-hydrogen) atoms. The van der Waals surface area contributed by atoms with Crippen LogP contribution in [0.25, 0.3) is 0 Å². The molecule has 3 fully saturated rings. The zero-order chi connectivity index (χ0) is 19.4. The predicted molar refractivity (Wildman–Crippen MR) is 98.0 cm³/mol. The average molecular weight is 380 g/mol. The largest absolute Gasteiger partial charge is 0.481 e. The summed E-state index contributed by atoms with van der Waals surface area (Å²) in [6, 6.07) is 0. The first-order valence-electron chi connectivity index (χ1n) is 10.6. The van der Waals surface area contributed by atoms with E-state index in [0.717, 1.165) is 51.4 Å². The number of carbonyl (C=O) groups excluding carboxylic acids is 1. The maximum atomic E-state index is 12.5. The summed E-state index contributed by atoms with van der Waals surface area (Å²) in [4.78, 5) is 35.0. The summed E-state index contributed by atoms with van der Waals surface area (Å²) >= 11 is 0. The first-order valence-corrected chi connectivity index (χ1v) is 10.6. The van der Waals surface area contributed by atoms with Gasteiger partial charge in [-0.2, -0.15) is 0 Å². The van der Waals surface area contributed by atoms with Crippen LogP contribution in [-0.4, -0.2) is 34.2 Å². The van der Waals surface area contributed by atoms with Gasteiger partial charge < -0.3 is 14.9 Å². The van der Waals surface area contributed by atoms with Gasteiger partial charge >= 0.3 is 17.9 Å². The molecular weight excluding hydrogens is 348 g/mol. The molecule has 0 aliphatic heterocycles. The van der Waals surface area contributed by atoms with E-state index in [-0.39, 0.29) is 41.7 Å². The van der Waals surface area contributed by atoms with Gasteiger partial charge in [0.05, 0.1) is 17.8 Å². The van der Waals surface area contributed by atoms with Gasteiger partial charge in [0.15, 0.2) is 0 Å². The monoisotopic (exact) mass is 380 g/mol. The molecule has 3 aliphatic rings. The summed E-state index contributed by atoms with van der Waals surface area (Å²) < 4.78 is 5.92. The van der Waals surface area contributed by atoms with Crippen LogP contribution in [0.5, 0.6) is 0 Å². The standard InChI is InChI=1S/C21H32O6/c22-19(23)16-7-5-13(9-16)11-18(27-21(26)15-3-1-2-4-15)12-14-6-8-17(10-14)20(24)25/h13-18H,1-12H2,(H,22,23)(H,24,25). The average Bonchev–Trinajstić information content (AvgIpc) is 3.36. The number of aliphatic carboxylic acids is 2. The molecule has 6 heteroatoms. The summed E-state index contributed by atoms with van der Waals surface area (Å²) in [7, 11) is 0. The lowest BCUT2D eigenvalue weighted by molar-refractivity contribution is -0.156. The molecule has 0 radical (unpaired) electrons. The van der Waals surface area contributed by atoms with Gasteiger partial charge in [-0.05, 0) is 76.0 Å². The van der Waals surface area contributed by atoms with Crippen molar-refractivity contribution in [3.8, 4) is 0 Å². The van der Waals surface area contributed by atoms with E-state index in [4.69, 9.17) is 4.74 Å². The van der Waals surface area contributed by atoms with Crippen molar-refractivity contribution in [3.63, 3.8) is 0 Å². The van der Waals surface area contributed by atoms with Crippen LogP contribution in [0.15, 0.2) is 0 Å². The fourth-order valence-corrected chi connectivity index (χ4v) is 5.38. The van der Waals surface area contributed by atoms with Crippen molar-refractivity contribution >= 4 is 17.9 Å². The third-order valence-corrected chi connectivity index (χ3v) is 6.94. The van der Waals surface area contributed by atoms with Gasteiger partial charge in [0.25, 0.3) is 0 Å². The second kappa shape index (κ2) is 9.07. The van der Waals surface area contributed by atoms with Crippen molar-refractivity contribution in [2.45, 2.75) is 83.2 Å². The molecule has 0 aromatic carbocycles. The maximum absolute atomic E-state index is 12.5. The molecule has 0 aromatic heterocycles. The quantitative estimate of drug-likeness (QED) is 0.620. The van der Waals surface area contributed by atoms with Crippen LogP contribution < -0.4 is 0 Å². The molecule has 6 nitrogen and oxygen atoms in total. The number of carboxylic acids is 2. The van der Waals surface area contributed by atoms with E-state index < -0.39 is 11.9 Å². The normalized spacial score (nSPS) is 32.4. The highest BCUT2D eigenvalue weighted by Crippen LogP contribution is 2.39. The van der Waals surface area contributed by atoms with Crippen molar-refractivity contribution < 1.29 is 29.3 Å². The Morgan fingerprint density at radius 1 is 0.741 bits per heavy atom. The Morgan fingerprint density at radius 3 is 1.63 bits per heavy atom.